The molecule has 3 heterocycles. The zero-order chi connectivity index (χ0) is 19.8. The van der Waals surface area contributed by atoms with Gasteiger partial charge in [0.15, 0.2) is 5.76 Å². The standard InChI is InChI=1S/C21H23N3O4S/c25-29(26,19-7-6-16-3-1-4-17(16)13-19)24-10-8-23(9-11-24)15-18-14-21(28-22-18)20-5-2-12-27-20/h2,5-7,12-14H,1,3-4,8-11,15H2. The van der Waals surface area contributed by atoms with Gasteiger partial charge in [0.25, 0.3) is 0 Å². The number of hydrogen-bond acceptors (Lipinski definition) is 6. The van der Waals surface area contributed by atoms with Crippen LogP contribution in [-0.2, 0) is 29.4 Å². The van der Waals surface area contributed by atoms with E-state index in [1.54, 1.807) is 22.7 Å². The van der Waals surface area contributed by atoms with Crippen LogP contribution < -0.4 is 0 Å². The number of aromatic nitrogens is 1. The van der Waals surface area contributed by atoms with Crippen LogP contribution in [0.4, 0.5) is 0 Å². The second-order valence-electron chi connectivity index (χ2n) is 7.62. The fourth-order valence-electron chi connectivity index (χ4n) is 4.14. The van der Waals surface area contributed by atoms with Gasteiger partial charge in [-0.25, -0.2) is 8.42 Å². The molecule has 1 aromatic carbocycles. The molecule has 0 N–H and O–H groups in total. The lowest BCUT2D eigenvalue weighted by atomic mass is 10.1. The van der Waals surface area contributed by atoms with Crippen molar-refractivity contribution in [2.24, 2.45) is 0 Å². The molecule has 1 fully saturated rings. The Kier molecular flexibility index (Phi) is 4.77. The van der Waals surface area contributed by atoms with E-state index in [9.17, 15) is 8.42 Å². The van der Waals surface area contributed by atoms with Crippen molar-refractivity contribution in [3.05, 3.63) is 59.5 Å². The van der Waals surface area contributed by atoms with Crippen LogP contribution in [0.25, 0.3) is 11.5 Å². The van der Waals surface area contributed by atoms with Gasteiger partial charge in [-0.15, -0.1) is 0 Å². The van der Waals surface area contributed by atoms with E-state index in [4.69, 9.17) is 8.94 Å². The summed E-state index contributed by atoms with van der Waals surface area (Å²) < 4.78 is 38.4. The summed E-state index contributed by atoms with van der Waals surface area (Å²) in [6.07, 6.45) is 4.74. The Bertz CT molecular complexity index is 1100. The molecule has 2 aromatic heterocycles. The second kappa shape index (κ2) is 7.44. The fraction of sp³-hybridized carbons (Fsp3) is 0.381. The van der Waals surface area contributed by atoms with Crippen LogP contribution in [0.3, 0.4) is 0 Å². The number of rotatable bonds is 5. The minimum atomic E-state index is -3.45. The lowest BCUT2D eigenvalue weighted by Gasteiger charge is -2.33. The number of sulfonamides is 1. The first-order valence-corrected chi connectivity index (χ1v) is 11.4. The van der Waals surface area contributed by atoms with Crippen LogP contribution >= 0.6 is 0 Å². The van der Waals surface area contributed by atoms with Gasteiger partial charge in [0, 0.05) is 38.8 Å². The van der Waals surface area contributed by atoms with Crippen molar-refractivity contribution in [2.75, 3.05) is 26.2 Å². The van der Waals surface area contributed by atoms with Crippen LogP contribution in [0.5, 0.6) is 0 Å². The molecular weight excluding hydrogens is 390 g/mol. The summed E-state index contributed by atoms with van der Waals surface area (Å²) in [6.45, 7) is 2.89. The highest BCUT2D eigenvalue weighted by Crippen LogP contribution is 2.27. The number of aryl methyl sites for hydroxylation is 2. The Hall–Kier alpha value is -2.42. The highest BCUT2D eigenvalue weighted by Gasteiger charge is 2.29. The molecule has 5 rings (SSSR count). The number of benzene rings is 1. The quantitative estimate of drug-likeness (QED) is 0.640. The summed E-state index contributed by atoms with van der Waals surface area (Å²) >= 11 is 0. The van der Waals surface area contributed by atoms with Gasteiger partial charge in [0.2, 0.25) is 15.8 Å². The van der Waals surface area contributed by atoms with Gasteiger partial charge in [0.1, 0.15) is 0 Å². The van der Waals surface area contributed by atoms with Gasteiger partial charge >= 0.3 is 0 Å². The third-order valence-corrected chi connectivity index (χ3v) is 7.64. The molecule has 0 spiro atoms. The molecule has 3 aromatic rings. The van der Waals surface area contributed by atoms with Gasteiger partial charge in [0.05, 0.1) is 16.9 Å². The zero-order valence-electron chi connectivity index (χ0n) is 16.1. The number of hydrogen-bond donors (Lipinski definition) is 0. The molecule has 0 unspecified atom stereocenters. The molecule has 0 atom stereocenters. The van der Waals surface area contributed by atoms with Crippen molar-refractivity contribution in [1.29, 1.82) is 0 Å². The van der Waals surface area contributed by atoms with Crippen molar-refractivity contribution in [3.63, 3.8) is 0 Å². The van der Waals surface area contributed by atoms with Gasteiger partial charge in [-0.3, -0.25) is 4.90 Å². The molecule has 0 radical (unpaired) electrons. The predicted octanol–water partition coefficient (Wildman–Crippen LogP) is 2.93. The minimum absolute atomic E-state index is 0.422. The van der Waals surface area contributed by atoms with Gasteiger partial charge in [-0.2, -0.15) is 4.31 Å². The number of piperazine rings is 1. The van der Waals surface area contributed by atoms with Crippen LogP contribution in [0.15, 0.2) is 56.5 Å². The second-order valence-corrected chi connectivity index (χ2v) is 9.56. The van der Waals surface area contributed by atoms with Crippen LogP contribution in [0.2, 0.25) is 0 Å². The minimum Gasteiger partial charge on any atom is -0.461 e. The number of furan rings is 1. The maximum Gasteiger partial charge on any atom is 0.243 e. The van der Waals surface area contributed by atoms with E-state index < -0.39 is 10.0 Å². The van der Waals surface area contributed by atoms with Crippen molar-refractivity contribution in [3.8, 4) is 11.5 Å². The van der Waals surface area contributed by atoms with Crippen molar-refractivity contribution in [1.82, 2.24) is 14.4 Å². The van der Waals surface area contributed by atoms with Gasteiger partial charge < -0.3 is 8.94 Å². The SMILES string of the molecule is O=S(=O)(c1ccc2c(c1)CCC2)N1CCN(Cc2cc(-c3ccco3)on2)CC1. The van der Waals surface area contributed by atoms with Crippen molar-refractivity contribution < 1.29 is 17.4 Å². The van der Waals surface area contributed by atoms with E-state index in [2.05, 4.69) is 10.1 Å². The molecule has 0 bridgehead atoms. The van der Waals surface area contributed by atoms with E-state index >= 15 is 0 Å². The largest absolute Gasteiger partial charge is 0.461 e. The Morgan fingerprint density at radius 3 is 2.59 bits per heavy atom. The van der Waals surface area contributed by atoms with E-state index in [0.29, 0.717) is 49.1 Å². The number of nitrogens with zero attached hydrogens (tertiary/aromatic N) is 3. The molecule has 1 aliphatic heterocycles. The van der Waals surface area contributed by atoms with E-state index in [1.165, 1.54) is 11.1 Å². The molecule has 1 saturated heterocycles. The normalized spacial score (nSPS) is 18.2. The average molecular weight is 413 g/mol. The molecule has 1 aliphatic carbocycles. The predicted molar refractivity (Wildman–Crippen MR) is 107 cm³/mol. The summed E-state index contributed by atoms with van der Waals surface area (Å²) in [6, 6.07) is 11.1. The highest BCUT2D eigenvalue weighted by atomic mass is 32.2. The number of fused-ring (bicyclic) bond motifs is 1. The first-order chi connectivity index (χ1) is 14.1. The van der Waals surface area contributed by atoms with E-state index in [-0.39, 0.29) is 0 Å². The molecule has 29 heavy (non-hydrogen) atoms. The first-order valence-electron chi connectivity index (χ1n) is 9.93. The Morgan fingerprint density at radius 1 is 0.966 bits per heavy atom. The third kappa shape index (κ3) is 3.63. The molecule has 152 valence electrons. The molecule has 2 aliphatic rings. The Morgan fingerprint density at radius 2 is 1.79 bits per heavy atom. The van der Waals surface area contributed by atoms with Crippen LogP contribution in [0, 0.1) is 0 Å². The van der Waals surface area contributed by atoms with Crippen LogP contribution in [-0.4, -0.2) is 49.0 Å². The summed E-state index contributed by atoms with van der Waals surface area (Å²) in [5.74, 6) is 1.25. The van der Waals surface area contributed by atoms with Gasteiger partial charge in [-0.1, -0.05) is 11.2 Å². The Balaban J connectivity index is 1.22. The summed E-state index contributed by atoms with van der Waals surface area (Å²) in [5.41, 5.74) is 3.28. The van der Waals surface area contributed by atoms with E-state index in [1.807, 2.05) is 24.3 Å². The van der Waals surface area contributed by atoms with Crippen molar-refractivity contribution >= 4 is 10.0 Å². The van der Waals surface area contributed by atoms with Gasteiger partial charge in [-0.05, 0) is 54.7 Å². The summed E-state index contributed by atoms with van der Waals surface area (Å²) in [5, 5.41) is 4.11. The average Bonchev–Trinajstić information content (AvgIpc) is 3.48. The van der Waals surface area contributed by atoms with Crippen LogP contribution in [0.1, 0.15) is 23.2 Å². The lowest BCUT2D eigenvalue weighted by molar-refractivity contribution is 0.178. The molecule has 0 amide bonds. The zero-order valence-corrected chi connectivity index (χ0v) is 16.9. The maximum atomic E-state index is 13.1. The topological polar surface area (TPSA) is 79.8 Å². The van der Waals surface area contributed by atoms with Crippen molar-refractivity contribution in [2.45, 2.75) is 30.7 Å². The maximum absolute atomic E-state index is 13.1. The summed E-state index contributed by atoms with van der Waals surface area (Å²) in [7, 11) is -3.45. The molecular formula is C21H23N3O4S. The monoisotopic (exact) mass is 413 g/mol. The molecule has 7 nitrogen and oxygen atoms in total. The molecule has 8 heteroatoms. The fourth-order valence-corrected chi connectivity index (χ4v) is 5.61. The Labute approximate surface area is 169 Å². The smallest absolute Gasteiger partial charge is 0.243 e. The third-order valence-electron chi connectivity index (χ3n) is 5.75. The molecule has 0 saturated carbocycles. The highest BCUT2D eigenvalue weighted by molar-refractivity contribution is 7.89. The summed E-state index contributed by atoms with van der Waals surface area (Å²) in [4.78, 5) is 2.62. The van der Waals surface area contributed by atoms with E-state index in [0.717, 1.165) is 25.0 Å². The first kappa shape index (κ1) is 18.6. The lowest BCUT2D eigenvalue weighted by Crippen LogP contribution is -2.48.